The van der Waals surface area contributed by atoms with Crippen molar-refractivity contribution in [2.45, 2.75) is 19.9 Å². The largest absolute Gasteiger partial charge is 0.356 e. The average Bonchev–Trinajstić information content (AvgIpc) is 2.65. The normalized spacial score (nSPS) is 10.9. The van der Waals surface area contributed by atoms with Crippen LogP contribution in [0.4, 0.5) is 8.78 Å². The summed E-state index contributed by atoms with van der Waals surface area (Å²) < 4.78 is 33.9. The minimum Gasteiger partial charge on any atom is -0.356 e. The van der Waals surface area contributed by atoms with Crippen molar-refractivity contribution in [2.24, 2.45) is 0 Å². The fraction of sp³-hybridized carbons (Fsp3) is 0.158. The number of ether oxygens (including phenoxy) is 1. The molecule has 0 bridgehead atoms. The summed E-state index contributed by atoms with van der Waals surface area (Å²) in [7, 11) is 0. The van der Waals surface area contributed by atoms with Crippen molar-refractivity contribution >= 4 is 11.6 Å². The summed E-state index contributed by atoms with van der Waals surface area (Å²) in [4.78, 5) is 24.7. The Kier molecular flexibility index (Phi) is 5.83. The first-order valence-corrected chi connectivity index (χ1v) is 8.39. The van der Waals surface area contributed by atoms with Crippen LogP contribution in [0.3, 0.4) is 0 Å². The Labute approximate surface area is 158 Å². The summed E-state index contributed by atoms with van der Waals surface area (Å²) >= 11 is 6.00. The smallest absolute Gasteiger partial charge is 0.334 e. The maximum atomic E-state index is 13.4. The number of halogens is 3. The number of benzene rings is 2. The van der Waals surface area contributed by atoms with Gasteiger partial charge in [0.2, 0.25) is 0 Å². The van der Waals surface area contributed by atoms with Crippen LogP contribution in [0.25, 0.3) is 0 Å². The fourth-order valence-electron chi connectivity index (χ4n) is 2.50. The molecule has 8 heteroatoms. The predicted molar refractivity (Wildman–Crippen MR) is 96.7 cm³/mol. The molecular weight excluding hydrogens is 378 g/mol. The van der Waals surface area contributed by atoms with Crippen molar-refractivity contribution in [3.63, 3.8) is 0 Å². The molecule has 0 atom stereocenters. The third-order valence-corrected chi connectivity index (χ3v) is 4.20. The first-order valence-electron chi connectivity index (χ1n) is 8.01. The molecule has 140 valence electrons. The zero-order chi connectivity index (χ0) is 19.4. The molecule has 0 fully saturated rings. The Bertz CT molecular complexity index is 1060. The summed E-state index contributed by atoms with van der Waals surface area (Å²) in [5.41, 5.74) is -0.164. The van der Waals surface area contributed by atoms with E-state index in [4.69, 9.17) is 16.3 Å². The van der Waals surface area contributed by atoms with Crippen molar-refractivity contribution in [1.82, 2.24) is 9.13 Å². The van der Waals surface area contributed by atoms with Crippen molar-refractivity contribution in [3.05, 3.63) is 103 Å². The first-order chi connectivity index (χ1) is 13.0. The van der Waals surface area contributed by atoms with E-state index in [1.807, 2.05) is 30.3 Å². The molecule has 0 amide bonds. The van der Waals surface area contributed by atoms with Gasteiger partial charge in [0.25, 0.3) is 5.56 Å². The number of nitrogens with zero attached hydrogens (tertiary/aromatic N) is 2. The maximum absolute atomic E-state index is 13.4. The van der Waals surface area contributed by atoms with Gasteiger partial charge in [-0.05, 0) is 23.3 Å². The number of rotatable bonds is 6. The SMILES string of the molecule is O=c1cc(Cl)n(COCc2ccccc2)c(=O)n1Cc1ccc(F)c(F)c1. The molecule has 0 aliphatic carbocycles. The second kappa shape index (κ2) is 8.28. The van der Waals surface area contributed by atoms with E-state index < -0.39 is 22.9 Å². The zero-order valence-corrected chi connectivity index (χ0v) is 14.8. The molecule has 5 nitrogen and oxygen atoms in total. The number of aromatic nitrogens is 2. The van der Waals surface area contributed by atoms with E-state index in [0.717, 1.165) is 32.9 Å². The topological polar surface area (TPSA) is 53.2 Å². The van der Waals surface area contributed by atoms with E-state index >= 15 is 0 Å². The van der Waals surface area contributed by atoms with E-state index in [0.29, 0.717) is 0 Å². The second-order valence-corrected chi connectivity index (χ2v) is 6.20. The lowest BCUT2D eigenvalue weighted by Crippen LogP contribution is -2.40. The third-order valence-electron chi connectivity index (χ3n) is 3.88. The minimum absolute atomic E-state index is 0.0698. The molecule has 3 rings (SSSR count). The standard InChI is InChI=1S/C19H15ClF2N2O3/c20-17-9-18(25)23(10-14-6-7-15(21)16(22)8-14)19(26)24(17)12-27-11-13-4-2-1-3-5-13/h1-9H,10-12H2. The predicted octanol–water partition coefficient (Wildman–Crippen LogP) is 3.16. The van der Waals surface area contributed by atoms with E-state index in [1.165, 1.54) is 6.07 Å². The van der Waals surface area contributed by atoms with Gasteiger partial charge in [-0.1, -0.05) is 48.0 Å². The van der Waals surface area contributed by atoms with Crippen LogP contribution in [0.15, 0.2) is 64.2 Å². The summed E-state index contributed by atoms with van der Waals surface area (Å²) in [6, 6.07) is 13.6. The van der Waals surface area contributed by atoms with Crippen LogP contribution >= 0.6 is 11.6 Å². The summed E-state index contributed by atoms with van der Waals surface area (Å²) in [5, 5.41) is -0.0698. The highest BCUT2D eigenvalue weighted by atomic mass is 35.5. The average molecular weight is 393 g/mol. The van der Waals surface area contributed by atoms with Gasteiger partial charge in [0.1, 0.15) is 11.9 Å². The van der Waals surface area contributed by atoms with Gasteiger partial charge in [-0.25, -0.2) is 13.6 Å². The Balaban J connectivity index is 1.83. The third kappa shape index (κ3) is 4.50. The molecule has 0 saturated carbocycles. The van der Waals surface area contributed by atoms with Crippen molar-refractivity contribution in [3.8, 4) is 0 Å². The van der Waals surface area contributed by atoms with Gasteiger partial charge in [0, 0.05) is 6.07 Å². The molecule has 0 N–H and O–H groups in total. The maximum Gasteiger partial charge on any atom is 0.334 e. The van der Waals surface area contributed by atoms with Crippen molar-refractivity contribution < 1.29 is 13.5 Å². The van der Waals surface area contributed by atoms with Gasteiger partial charge in [0.15, 0.2) is 11.6 Å². The molecule has 0 unspecified atom stereocenters. The van der Waals surface area contributed by atoms with Gasteiger partial charge in [-0.2, -0.15) is 0 Å². The first kappa shape index (κ1) is 19.0. The molecule has 0 aliphatic heterocycles. The molecule has 2 aromatic carbocycles. The van der Waals surface area contributed by atoms with Crippen LogP contribution < -0.4 is 11.2 Å². The Morgan fingerprint density at radius 3 is 2.33 bits per heavy atom. The minimum atomic E-state index is -1.05. The fourth-order valence-corrected chi connectivity index (χ4v) is 2.72. The van der Waals surface area contributed by atoms with Crippen LogP contribution in [0, 0.1) is 11.6 Å². The van der Waals surface area contributed by atoms with Gasteiger partial charge in [-0.15, -0.1) is 0 Å². The van der Waals surface area contributed by atoms with Crippen molar-refractivity contribution in [2.75, 3.05) is 0 Å². The molecular formula is C19H15ClF2N2O3. The van der Waals surface area contributed by atoms with Crippen LogP contribution in [0.2, 0.25) is 5.15 Å². The van der Waals surface area contributed by atoms with Crippen molar-refractivity contribution in [1.29, 1.82) is 0 Å². The lowest BCUT2D eigenvalue weighted by molar-refractivity contribution is 0.0600. The highest BCUT2D eigenvalue weighted by molar-refractivity contribution is 6.29. The summed E-state index contributed by atoms with van der Waals surface area (Å²) in [5.74, 6) is -2.06. The van der Waals surface area contributed by atoms with E-state index in [9.17, 15) is 18.4 Å². The van der Waals surface area contributed by atoms with Gasteiger partial charge in [-0.3, -0.25) is 13.9 Å². The van der Waals surface area contributed by atoms with Gasteiger partial charge in [0.05, 0.1) is 13.2 Å². The van der Waals surface area contributed by atoms with Crippen LogP contribution in [0.1, 0.15) is 11.1 Å². The van der Waals surface area contributed by atoms with Gasteiger partial charge < -0.3 is 4.74 Å². The van der Waals surface area contributed by atoms with Crippen LogP contribution in [-0.4, -0.2) is 9.13 Å². The monoisotopic (exact) mass is 392 g/mol. The Hall–Kier alpha value is -2.77. The highest BCUT2D eigenvalue weighted by Gasteiger charge is 2.12. The zero-order valence-electron chi connectivity index (χ0n) is 14.1. The number of hydrogen-bond acceptors (Lipinski definition) is 3. The lowest BCUT2D eigenvalue weighted by Gasteiger charge is -2.13. The lowest BCUT2D eigenvalue weighted by atomic mass is 10.2. The molecule has 0 aliphatic rings. The Morgan fingerprint density at radius 2 is 1.63 bits per heavy atom. The van der Waals surface area contributed by atoms with Crippen LogP contribution in [-0.2, 0) is 24.6 Å². The highest BCUT2D eigenvalue weighted by Crippen LogP contribution is 2.10. The van der Waals surface area contributed by atoms with E-state index in [2.05, 4.69) is 0 Å². The molecule has 0 spiro atoms. The number of hydrogen-bond donors (Lipinski definition) is 0. The molecule has 0 saturated heterocycles. The second-order valence-electron chi connectivity index (χ2n) is 5.81. The molecule has 1 heterocycles. The Morgan fingerprint density at radius 1 is 0.889 bits per heavy atom. The quantitative estimate of drug-likeness (QED) is 0.605. The molecule has 0 radical (unpaired) electrons. The summed E-state index contributed by atoms with van der Waals surface area (Å²) in [6.45, 7) is -0.124. The summed E-state index contributed by atoms with van der Waals surface area (Å²) in [6.07, 6.45) is 0. The molecule has 1 aromatic heterocycles. The van der Waals surface area contributed by atoms with E-state index in [-0.39, 0.29) is 30.6 Å². The van der Waals surface area contributed by atoms with Gasteiger partial charge >= 0.3 is 5.69 Å². The molecule has 3 aromatic rings. The molecule has 27 heavy (non-hydrogen) atoms. The van der Waals surface area contributed by atoms with Crippen LogP contribution in [0.5, 0.6) is 0 Å². The van der Waals surface area contributed by atoms with E-state index in [1.54, 1.807) is 0 Å².